The molecule has 0 bridgehead atoms. The van der Waals surface area contributed by atoms with E-state index in [1.807, 2.05) is 21.9 Å². The molecule has 0 atom stereocenters. The summed E-state index contributed by atoms with van der Waals surface area (Å²) < 4.78 is 5.55. The summed E-state index contributed by atoms with van der Waals surface area (Å²) in [5.74, 6) is 1.43. The number of furan rings is 1. The van der Waals surface area contributed by atoms with Crippen LogP contribution in [0.1, 0.15) is 64.1 Å². The first-order valence-electron chi connectivity index (χ1n) is 11.2. The van der Waals surface area contributed by atoms with Gasteiger partial charge in [0.25, 0.3) is 0 Å². The summed E-state index contributed by atoms with van der Waals surface area (Å²) in [5, 5.41) is 3.20. The molecule has 1 aromatic heterocycles. The number of amides is 3. The molecule has 3 amide bonds. The number of hydrogen-bond acceptors (Lipinski definition) is 3. The summed E-state index contributed by atoms with van der Waals surface area (Å²) in [7, 11) is 0. The van der Waals surface area contributed by atoms with E-state index in [1.165, 1.54) is 24.8 Å². The number of nitrogens with one attached hydrogen (secondary N) is 1. The average Bonchev–Trinajstić information content (AvgIpc) is 3.29. The van der Waals surface area contributed by atoms with E-state index in [0.29, 0.717) is 12.5 Å². The number of piperidine rings is 1. The van der Waals surface area contributed by atoms with Crippen LogP contribution in [0.5, 0.6) is 0 Å². The molecule has 0 spiro atoms. The third kappa shape index (κ3) is 4.68. The molecule has 0 radical (unpaired) electrons. The number of hydrogen-bond donors (Lipinski definition) is 1. The SMILES string of the molecule is CC1=C(c2ccco2)CN(C(=O)NC2CCN(C(=O)C3CCCCC3)CC2)CC1. The second-order valence-corrected chi connectivity index (χ2v) is 8.79. The molecule has 1 saturated carbocycles. The second kappa shape index (κ2) is 9.06. The molecule has 2 aliphatic heterocycles. The van der Waals surface area contributed by atoms with Crippen molar-refractivity contribution < 1.29 is 14.0 Å². The minimum Gasteiger partial charge on any atom is -0.465 e. The topological polar surface area (TPSA) is 65.8 Å². The van der Waals surface area contributed by atoms with Crippen molar-refractivity contribution in [3.05, 3.63) is 29.7 Å². The van der Waals surface area contributed by atoms with Crippen LogP contribution in [0.25, 0.3) is 5.57 Å². The van der Waals surface area contributed by atoms with Crippen molar-refractivity contribution in [2.45, 2.75) is 64.3 Å². The molecule has 3 aliphatic rings. The highest BCUT2D eigenvalue weighted by Gasteiger charge is 2.31. The second-order valence-electron chi connectivity index (χ2n) is 8.79. The maximum absolute atomic E-state index is 12.8. The summed E-state index contributed by atoms with van der Waals surface area (Å²) in [5.41, 5.74) is 2.41. The van der Waals surface area contributed by atoms with Gasteiger partial charge in [-0.2, -0.15) is 0 Å². The quantitative estimate of drug-likeness (QED) is 0.834. The van der Waals surface area contributed by atoms with E-state index in [-0.39, 0.29) is 18.0 Å². The number of likely N-dealkylation sites (tertiary alicyclic amines) is 1. The van der Waals surface area contributed by atoms with Crippen LogP contribution < -0.4 is 5.32 Å². The Balaban J connectivity index is 1.26. The highest BCUT2D eigenvalue weighted by molar-refractivity contribution is 5.80. The van der Waals surface area contributed by atoms with Gasteiger partial charge >= 0.3 is 6.03 Å². The smallest absolute Gasteiger partial charge is 0.317 e. The first-order valence-corrected chi connectivity index (χ1v) is 11.2. The number of urea groups is 1. The highest BCUT2D eigenvalue weighted by Crippen LogP contribution is 2.28. The number of nitrogens with zero attached hydrogens (tertiary/aromatic N) is 2. The average molecular weight is 400 g/mol. The number of carbonyl (C=O) groups is 2. The van der Waals surface area contributed by atoms with Crippen LogP contribution >= 0.6 is 0 Å². The molecule has 1 aliphatic carbocycles. The van der Waals surface area contributed by atoms with Crippen molar-refractivity contribution in [1.29, 1.82) is 0 Å². The summed E-state index contributed by atoms with van der Waals surface area (Å²) in [6.07, 6.45) is 9.99. The predicted octanol–water partition coefficient (Wildman–Crippen LogP) is 4.04. The van der Waals surface area contributed by atoms with Gasteiger partial charge in [-0.25, -0.2) is 4.79 Å². The molecule has 158 valence electrons. The van der Waals surface area contributed by atoms with Crippen LogP contribution in [0.3, 0.4) is 0 Å². The van der Waals surface area contributed by atoms with E-state index in [2.05, 4.69) is 12.2 Å². The minimum absolute atomic E-state index is 0.00128. The Labute approximate surface area is 173 Å². The first kappa shape index (κ1) is 20.0. The molecule has 0 aromatic carbocycles. The van der Waals surface area contributed by atoms with Crippen LogP contribution in [0, 0.1) is 5.92 Å². The van der Waals surface area contributed by atoms with Gasteiger partial charge in [0.1, 0.15) is 5.76 Å². The fourth-order valence-electron chi connectivity index (χ4n) is 4.89. The van der Waals surface area contributed by atoms with Gasteiger partial charge in [-0.15, -0.1) is 0 Å². The van der Waals surface area contributed by atoms with E-state index < -0.39 is 0 Å². The van der Waals surface area contributed by atoms with E-state index in [1.54, 1.807) is 6.26 Å². The molecule has 6 nitrogen and oxygen atoms in total. The van der Waals surface area contributed by atoms with E-state index in [9.17, 15) is 9.59 Å². The predicted molar refractivity (Wildman–Crippen MR) is 112 cm³/mol. The lowest BCUT2D eigenvalue weighted by Gasteiger charge is -2.37. The Kier molecular flexibility index (Phi) is 6.26. The Morgan fingerprint density at radius 1 is 1.03 bits per heavy atom. The third-order valence-electron chi connectivity index (χ3n) is 6.82. The van der Waals surface area contributed by atoms with Crippen molar-refractivity contribution in [2.24, 2.45) is 5.92 Å². The van der Waals surface area contributed by atoms with Crippen LogP contribution in [-0.4, -0.2) is 54.0 Å². The summed E-state index contributed by atoms with van der Waals surface area (Å²) >= 11 is 0. The van der Waals surface area contributed by atoms with Crippen molar-refractivity contribution in [3.63, 3.8) is 0 Å². The van der Waals surface area contributed by atoms with Crippen LogP contribution in [0.4, 0.5) is 4.79 Å². The van der Waals surface area contributed by atoms with E-state index in [4.69, 9.17) is 4.42 Å². The van der Waals surface area contributed by atoms with Gasteiger partial charge in [0, 0.05) is 37.2 Å². The molecule has 1 saturated heterocycles. The monoisotopic (exact) mass is 399 g/mol. The van der Waals surface area contributed by atoms with Gasteiger partial charge in [0.15, 0.2) is 0 Å². The van der Waals surface area contributed by atoms with Gasteiger partial charge in [-0.3, -0.25) is 4.79 Å². The molecule has 1 aromatic rings. The lowest BCUT2D eigenvalue weighted by atomic mass is 9.87. The molecule has 0 unspecified atom stereocenters. The minimum atomic E-state index is -0.00128. The van der Waals surface area contributed by atoms with Gasteiger partial charge in [-0.1, -0.05) is 24.8 Å². The Morgan fingerprint density at radius 2 is 1.79 bits per heavy atom. The fraction of sp³-hybridized carbons (Fsp3) is 0.652. The zero-order valence-corrected chi connectivity index (χ0v) is 17.5. The van der Waals surface area contributed by atoms with Crippen molar-refractivity contribution in [3.8, 4) is 0 Å². The summed E-state index contributed by atoms with van der Waals surface area (Å²) in [6.45, 7) is 4.96. The zero-order chi connectivity index (χ0) is 20.2. The van der Waals surface area contributed by atoms with E-state index >= 15 is 0 Å². The molecule has 1 N–H and O–H groups in total. The standard InChI is InChI=1S/C23H33N3O3/c1-17-9-12-26(16-20(17)21-8-5-15-29-21)23(28)24-19-10-13-25(14-11-19)22(27)18-6-3-2-4-7-18/h5,8,15,18-19H,2-4,6-7,9-14,16H2,1H3,(H,24,28). The molecule has 2 fully saturated rings. The molecule has 29 heavy (non-hydrogen) atoms. The van der Waals surface area contributed by atoms with Gasteiger partial charge in [0.05, 0.1) is 12.8 Å². The largest absolute Gasteiger partial charge is 0.465 e. The maximum Gasteiger partial charge on any atom is 0.317 e. The molecule has 4 rings (SSSR count). The lowest BCUT2D eigenvalue weighted by molar-refractivity contribution is -0.137. The van der Waals surface area contributed by atoms with E-state index in [0.717, 1.165) is 63.1 Å². The Hall–Kier alpha value is -2.24. The Morgan fingerprint density at radius 3 is 2.48 bits per heavy atom. The highest BCUT2D eigenvalue weighted by atomic mass is 16.3. The van der Waals surface area contributed by atoms with Gasteiger partial charge in [-0.05, 0) is 51.2 Å². The molecular formula is C23H33N3O3. The fourth-order valence-corrected chi connectivity index (χ4v) is 4.89. The summed E-state index contributed by atoms with van der Waals surface area (Å²) in [6, 6.07) is 3.99. The van der Waals surface area contributed by atoms with Crippen LogP contribution in [0.15, 0.2) is 28.4 Å². The number of rotatable bonds is 3. The maximum atomic E-state index is 12.8. The van der Waals surface area contributed by atoms with Crippen molar-refractivity contribution in [2.75, 3.05) is 26.2 Å². The first-order chi connectivity index (χ1) is 14.1. The Bertz CT molecular complexity index is 741. The van der Waals surface area contributed by atoms with Gasteiger partial charge < -0.3 is 19.5 Å². The van der Waals surface area contributed by atoms with Crippen LogP contribution in [-0.2, 0) is 4.79 Å². The normalized spacial score (nSPS) is 22.1. The van der Waals surface area contributed by atoms with Crippen molar-refractivity contribution >= 4 is 17.5 Å². The van der Waals surface area contributed by atoms with Gasteiger partial charge in [0.2, 0.25) is 5.91 Å². The number of carbonyl (C=O) groups excluding carboxylic acids is 2. The molecule has 6 heteroatoms. The molecule has 3 heterocycles. The lowest BCUT2D eigenvalue weighted by Crippen LogP contribution is -2.52. The van der Waals surface area contributed by atoms with Crippen LogP contribution in [0.2, 0.25) is 0 Å². The zero-order valence-electron chi connectivity index (χ0n) is 17.5. The summed E-state index contributed by atoms with van der Waals surface area (Å²) in [4.78, 5) is 29.5. The third-order valence-corrected chi connectivity index (χ3v) is 6.82. The van der Waals surface area contributed by atoms with Crippen molar-refractivity contribution in [1.82, 2.24) is 15.1 Å². The molecular weight excluding hydrogens is 366 g/mol.